The maximum atomic E-state index is 3.85. The average molecular weight is 222 g/mol. The molecule has 0 nitrogen and oxygen atoms in total. The normalized spacial score (nSPS) is 11.8. The first-order valence-electron chi connectivity index (χ1n) is 7.13. The SMILES string of the molecule is C=CCC(=CCCCCCC)CCCCC. The Morgan fingerprint density at radius 3 is 2.25 bits per heavy atom. The third-order valence-electron chi connectivity index (χ3n) is 3.00. The molecule has 94 valence electrons. The van der Waals surface area contributed by atoms with E-state index in [0.717, 1.165) is 6.42 Å². The van der Waals surface area contributed by atoms with Crippen LogP contribution >= 0.6 is 0 Å². The first-order chi connectivity index (χ1) is 7.85. The minimum absolute atomic E-state index is 1.09. The van der Waals surface area contributed by atoms with Crippen LogP contribution in [0, 0.1) is 0 Å². The lowest BCUT2D eigenvalue weighted by atomic mass is 10.0. The van der Waals surface area contributed by atoms with E-state index in [0.29, 0.717) is 0 Å². The molecule has 0 aliphatic heterocycles. The van der Waals surface area contributed by atoms with Crippen LogP contribution in [0.3, 0.4) is 0 Å². The van der Waals surface area contributed by atoms with Crippen LogP contribution in [0.15, 0.2) is 24.3 Å². The number of hydrogen-bond donors (Lipinski definition) is 0. The molecule has 0 N–H and O–H groups in total. The molecule has 0 atom stereocenters. The lowest BCUT2D eigenvalue weighted by Gasteiger charge is -2.04. The first-order valence-corrected chi connectivity index (χ1v) is 7.13. The summed E-state index contributed by atoms with van der Waals surface area (Å²) in [6, 6.07) is 0. The monoisotopic (exact) mass is 222 g/mol. The summed E-state index contributed by atoms with van der Waals surface area (Å²) in [6.07, 6.45) is 17.7. The van der Waals surface area contributed by atoms with Crippen molar-refractivity contribution in [3.8, 4) is 0 Å². The van der Waals surface area contributed by atoms with E-state index in [9.17, 15) is 0 Å². The molecule has 0 aliphatic rings. The Kier molecular flexibility index (Phi) is 12.1. The van der Waals surface area contributed by atoms with Crippen molar-refractivity contribution >= 4 is 0 Å². The molecule has 0 fully saturated rings. The summed E-state index contributed by atoms with van der Waals surface area (Å²) in [4.78, 5) is 0. The predicted molar refractivity (Wildman–Crippen MR) is 75.8 cm³/mol. The van der Waals surface area contributed by atoms with E-state index in [-0.39, 0.29) is 0 Å². The molecule has 0 unspecified atom stereocenters. The number of unbranched alkanes of at least 4 members (excludes halogenated alkanes) is 6. The van der Waals surface area contributed by atoms with Gasteiger partial charge in [-0.3, -0.25) is 0 Å². The summed E-state index contributed by atoms with van der Waals surface area (Å²) in [6.45, 7) is 8.38. The molecule has 0 heteroatoms. The molecule has 0 saturated carbocycles. The summed E-state index contributed by atoms with van der Waals surface area (Å²) in [5.74, 6) is 0. The quantitative estimate of drug-likeness (QED) is 0.295. The van der Waals surface area contributed by atoms with E-state index in [1.807, 2.05) is 6.08 Å². The maximum Gasteiger partial charge on any atom is -0.0142 e. The van der Waals surface area contributed by atoms with Crippen molar-refractivity contribution < 1.29 is 0 Å². The van der Waals surface area contributed by atoms with Gasteiger partial charge in [0.25, 0.3) is 0 Å². The second-order valence-corrected chi connectivity index (χ2v) is 4.66. The molecular formula is C16H30. The van der Waals surface area contributed by atoms with Gasteiger partial charge >= 0.3 is 0 Å². The van der Waals surface area contributed by atoms with Crippen LogP contribution in [0.25, 0.3) is 0 Å². The van der Waals surface area contributed by atoms with Crippen molar-refractivity contribution in [3.63, 3.8) is 0 Å². The van der Waals surface area contributed by atoms with E-state index < -0.39 is 0 Å². The van der Waals surface area contributed by atoms with Crippen LogP contribution in [0.4, 0.5) is 0 Å². The molecule has 0 amide bonds. The van der Waals surface area contributed by atoms with Gasteiger partial charge in [0.05, 0.1) is 0 Å². The third-order valence-corrected chi connectivity index (χ3v) is 3.00. The smallest absolute Gasteiger partial charge is 0.0142 e. The number of allylic oxidation sites excluding steroid dienone is 3. The molecule has 0 saturated heterocycles. The fourth-order valence-corrected chi connectivity index (χ4v) is 1.95. The fourth-order valence-electron chi connectivity index (χ4n) is 1.95. The summed E-state index contributed by atoms with van der Waals surface area (Å²) in [5.41, 5.74) is 1.61. The van der Waals surface area contributed by atoms with Gasteiger partial charge in [0.15, 0.2) is 0 Å². The molecule has 0 rings (SSSR count). The zero-order valence-electron chi connectivity index (χ0n) is 11.4. The van der Waals surface area contributed by atoms with Gasteiger partial charge in [-0.05, 0) is 32.1 Å². The Labute approximate surface area is 103 Å². The molecule has 16 heavy (non-hydrogen) atoms. The van der Waals surface area contributed by atoms with Crippen LogP contribution < -0.4 is 0 Å². The van der Waals surface area contributed by atoms with E-state index >= 15 is 0 Å². The molecule has 0 aromatic rings. The molecule has 0 aromatic heterocycles. The molecule has 0 heterocycles. The Hall–Kier alpha value is -0.520. The summed E-state index contributed by atoms with van der Waals surface area (Å²) >= 11 is 0. The van der Waals surface area contributed by atoms with Gasteiger partial charge < -0.3 is 0 Å². The largest absolute Gasteiger partial charge is 0.103 e. The summed E-state index contributed by atoms with van der Waals surface area (Å²) in [7, 11) is 0. The zero-order chi connectivity index (χ0) is 12.1. The van der Waals surface area contributed by atoms with Crippen molar-refractivity contribution in [2.24, 2.45) is 0 Å². The molecule has 0 aliphatic carbocycles. The van der Waals surface area contributed by atoms with Gasteiger partial charge in [-0.15, -0.1) is 6.58 Å². The van der Waals surface area contributed by atoms with Gasteiger partial charge in [0.2, 0.25) is 0 Å². The van der Waals surface area contributed by atoms with Crippen molar-refractivity contribution in [2.45, 2.75) is 78.1 Å². The van der Waals surface area contributed by atoms with Gasteiger partial charge in [0, 0.05) is 0 Å². The topological polar surface area (TPSA) is 0 Å². The lowest BCUT2D eigenvalue weighted by molar-refractivity contribution is 0.667. The minimum atomic E-state index is 1.09. The van der Waals surface area contributed by atoms with Crippen LogP contribution in [-0.2, 0) is 0 Å². The summed E-state index contributed by atoms with van der Waals surface area (Å²) in [5, 5.41) is 0. The van der Waals surface area contributed by atoms with E-state index in [2.05, 4.69) is 26.5 Å². The highest BCUT2D eigenvalue weighted by Gasteiger charge is 1.95. The Bertz CT molecular complexity index is 176. The average Bonchev–Trinajstić information content (AvgIpc) is 2.29. The van der Waals surface area contributed by atoms with Gasteiger partial charge in [-0.25, -0.2) is 0 Å². The van der Waals surface area contributed by atoms with Crippen LogP contribution in [-0.4, -0.2) is 0 Å². The van der Waals surface area contributed by atoms with Crippen LogP contribution in [0.2, 0.25) is 0 Å². The molecule has 0 aromatic carbocycles. The Morgan fingerprint density at radius 1 is 0.938 bits per heavy atom. The van der Waals surface area contributed by atoms with Crippen molar-refractivity contribution in [1.29, 1.82) is 0 Å². The highest BCUT2D eigenvalue weighted by atomic mass is 14.0. The Balaban J connectivity index is 3.70. The van der Waals surface area contributed by atoms with Gasteiger partial charge in [0.1, 0.15) is 0 Å². The lowest BCUT2D eigenvalue weighted by Crippen LogP contribution is -1.84. The third kappa shape index (κ3) is 10.0. The van der Waals surface area contributed by atoms with Crippen LogP contribution in [0.1, 0.15) is 78.1 Å². The molecular weight excluding hydrogens is 192 g/mol. The molecule has 0 spiro atoms. The highest BCUT2D eigenvalue weighted by molar-refractivity contribution is 5.06. The minimum Gasteiger partial charge on any atom is -0.103 e. The second kappa shape index (κ2) is 12.5. The second-order valence-electron chi connectivity index (χ2n) is 4.66. The first kappa shape index (κ1) is 15.5. The standard InChI is InChI=1S/C16H30/c1-4-7-9-10-12-15-16(13-6-3)14-11-8-5-2/h6,15H,3-5,7-14H2,1-2H3. The zero-order valence-corrected chi connectivity index (χ0v) is 11.4. The molecule has 0 bridgehead atoms. The number of hydrogen-bond acceptors (Lipinski definition) is 0. The predicted octanol–water partition coefficient (Wildman–Crippen LogP) is 6.04. The molecule has 0 radical (unpaired) electrons. The summed E-state index contributed by atoms with van der Waals surface area (Å²) < 4.78 is 0. The highest BCUT2D eigenvalue weighted by Crippen LogP contribution is 2.15. The van der Waals surface area contributed by atoms with Crippen molar-refractivity contribution in [1.82, 2.24) is 0 Å². The van der Waals surface area contributed by atoms with Gasteiger partial charge in [-0.1, -0.05) is 63.7 Å². The number of rotatable bonds is 11. The fraction of sp³-hybridized carbons (Fsp3) is 0.750. The van der Waals surface area contributed by atoms with Crippen molar-refractivity contribution in [3.05, 3.63) is 24.3 Å². The Morgan fingerprint density at radius 2 is 1.62 bits per heavy atom. The van der Waals surface area contributed by atoms with E-state index in [1.54, 1.807) is 5.57 Å². The maximum absolute atomic E-state index is 3.85. The van der Waals surface area contributed by atoms with E-state index in [4.69, 9.17) is 0 Å². The van der Waals surface area contributed by atoms with Crippen molar-refractivity contribution in [2.75, 3.05) is 0 Å². The van der Waals surface area contributed by atoms with Crippen LogP contribution in [0.5, 0.6) is 0 Å². The van der Waals surface area contributed by atoms with Gasteiger partial charge in [-0.2, -0.15) is 0 Å². The van der Waals surface area contributed by atoms with E-state index in [1.165, 1.54) is 57.8 Å².